The van der Waals surface area contributed by atoms with Crippen LogP contribution in [0.2, 0.25) is 0 Å². The van der Waals surface area contributed by atoms with Gasteiger partial charge in [-0.25, -0.2) is 15.0 Å². The van der Waals surface area contributed by atoms with Crippen LogP contribution in [-0.2, 0) is 15.9 Å². The molecule has 4 aromatic rings. The molecule has 0 amide bonds. The van der Waals surface area contributed by atoms with Gasteiger partial charge >= 0.3 is 0 Å². The van der Waals surface area contributed by atoms with Crippen LogP contribution in [0.3, 0.4) is 0 Å². The van der Waals surface area contributed by atoms with Crippen LogP contribution in [0.25, 0.3) is 21.9 Å². The molecule has 36 heavy (non-hydrogen) atoms. The second-order valence-corrected chi connectivity index (χ2v) is 11.5. The van der Waals surface area contributed by atoms with E-state index in [1.165, 1.54) is 11.9 Å². The molecule has 0 radical (unpaired) electrons. The Labute approximate surface area is 218 Å². The summed E-state index contributed by atoms with van der Waals surface area (Å²) in [6, 6.07) is 10.6. The van der Waals surface area contributed by atoms with Gasteiger partial charge in [0.25, 0.3) is 0 Å². The van der Waals surface area contributed by atoms with E-state index in [1.807, 2.05) is 26.0 Å². The van der Waals surface area contributed by atoms with Crippen molar-refractivity contribution in [1.82, 2.24) is 19.5 Å². The number of halogens is 1. The van der Waals surface area contributed by atoms with E-state index in [1.54, 1.807) is 0 Å². The zero-order valence-corrected chi connectivity index (χ0v) is 22.3. The van der Waals surface area contributed by atoms with E-state index in [0.717, 1.165) is 52.1 Å². The molecule has 0 unspecified atom stereocenters. The summed E-state index contributed by atoms with van der Waals surface area (Å²) < 4.78 is 16.2. The topological polar surface area (TPSA) is 114 Å². The standard InChI is InChI=1S/C27H31BrN6O2/c1-4-27(9-7-15-5-6-16-12-18(28)24(30)33-19(16)11-15)13-20(21-22(27)36-26(2,3)35-21)34-10-8-17-23(29)31-14-32-25(17)34/h5-6,8,10-12,14,20-22H,4,7,9,13H2,1-3H3,(H2,30,33)(H2,29,31,32)/t20-,21+,22+,27+/m1/s1. The lowest BCUT2D eigenvalue weighted by Crippen LogP contribution is -2.36. The summed E-state index contributed by atoms with van der Waals surface area (Å²) in [5.41, 5.74) is 15.1. The first-order valence-electron chi connectivity index (χ1n) is 12.5. The number of nitrogens with two attached hydrogens (primary N) is 2. The van der Waals surface area contributed by atoms with Gasteiger partial charge in [-0.2, -0.15) is 0 Å². The molecule has 2 aliphatic rings. The highest BCUT2D eigenvalue weighted by Crippen LogP contribution is 2.57. The summed E-state index contributed by atoms with van der Waals surface area (Å²) in [5, 5.41) is 1.94. The lowest BCUT2D eigenvalue weighted by molar-refractivity contribution is -0.170. The van der Waals surface area contributed by atoms with Crippen molar-refractivity contribution in [2.45, 2.75) is 70.5 Å². The molecular weight excluding hydrogens is 520 g/mol. The first-order valence-corrected chi connectivity index (χ1v) is 13.3. The number of hydrogen-bond acceptors (Lipinski definition) is 7. The lowest BCUT2D eigenvalue weighted by Gasteiger charge is -2.34. The van der Waals surface area contributed by atoms with Gasteiger partial charge in [0.15, 0.2) is 5.79 Å². The number of hydrogen-bond donors (Lipinski definition) is 2. The molecule has 4 N–H and O–H groups in total. The van der Waals surface area contributed by atoms with Gasteiger partial charge in [0.2, 0.25) is 0 Å². The largest absolute Gasteiger partial charge is 0.383 e. The van der Waals surface area contributed by atoms with Crippen LogP contribution in [-0.4, -0.2) is 37.5 Å². The van der Waals surface area contributed by atoms with E-state index in [9.17, 15) is 0 Å². The third kappa shape index (κ3) is 3.76. The molecule has 0 spiro atoms. The smallest absolute Gasteiger partial charge is 0.163 e. The summed E-state index contributed by atoms with van der Waals surface area (Å²) in [7, 11) is 0. The number of fused-ring (bicyclic) bond motifs is 3. The molecule has 4 atom stereocenters. The lowest BCUT2D eigenvalue weighted by atomic mass is 9.76. The van der Waals surface area contributed by atoms with Gasteiger partial charge in [-0.05, 0) is 79.2 Å². The number of nitrogens with zero attached hydrogens (tertiary/aromatic N) is 4. The summed E-state index contributed by atoms with van der Waals surface area (Å²) in [5.74, 6) is 0.369. The quantitative estimate of drug-likeness (QED) is 0.341. The van der Waals surface area contributed by atoms with Crippen molar-refractivity contribution in [2.75, 3.05) is 11.5 Å². The molecule has 1 aromatic carbocycles. The van der Waals surface area contributed by atoms with Crippen molar-refractivity contribution in [2.24, 2.45) is 5.41 Å². The number of rotatable bonds is 5. The molecule has 4 heterocycles. The van der Waals surface area contributed by atoms with Crippen molar-refractivity contribution >= 4 is 49.5 Å². The van der Waals surface area contributed by atoms with E-state index in [0.29, 0.717) is 11.6 Å². The molecule has 2 fully saturated rings. The fraction of sp³-hybridized carbons (Fsp3) is 0.444. The Bertz CT molecular complexity index is 1470. The maximum absolute atomic E-state index is 6.60. The monoisotopic (exact) mass is 550 g/mol. The summed E-state index contributed by atoms with van der Waals surface area (Å²) in [6.07, 6.45) is 7.35. The Hall–Kier alpha value is -2.75. The van der Waals surface area contributed by atoms with Crippen LogP contribution >= 0.6 is 15.9 Å². The van der Waals surface area contributed by atoms with Crippen molar-refractivity contribution < 1.29 is 9.47 Å². The summed E-state index contributed by atoms with van der Waals surface area (Å²) >= 11 is 3.47. The number of pyridine rings is 1. The highest BCUT2D eigenvalue weighted by atomic mass is 79.9. The van der Waals surface area contributed by atoms with Crippen LogP contribution in [0.4, 0.5) is 11.6 Å². The van der Waals surface area contributed by atoms with Crippen molar-refractivity contribution in [3.8, 4) is 0 Å². The van der Waals surface area contributed by atoms with E-state index in [4.69, 9.17) is 20.9 Å². The third-order valence-electron chi connectivity index (χ3n) is 8.10. The van der Waals surface area contributed by atoms with Gasteiger partial charge in [0, 0.05) is 17.0 Å². The van der Waals surface area contributed by atoms with E-state index in [2.05, 4.69) is 66.8 Å². The number of anilines is 2. The van der Waals surface area contributed by atoms with Crippen molar-refractivity contribution in [3.63, 3.8) is 0 Å². The number of ether oxygens (including phenoxy) is 2. The molecule has 6 rings (SSSR count). The maximum Gasteiger partial charge on any atom is 0.163 e. The second kappa shape index (κ2) is 8.39. The van der Waals surface area contributed by atoms with Crippen molar-refractivity contribution in [1.29, 1.82) is 0 Å². The van der Waals surface area contributed by atoms with E-state index >= 15 is 0 Å². The van der Waals surface area contributed by atoms with Gasteiger partial charge in [-0.15, -0.1) is 0 Å². The fourth-order valence-electron chi connectivity index (χ4n) is 6.22. The molecule has 9 heteroatoms. The average Bonchev–Trinajstić information content (AvgIpc) is 3.49. The molecule has 8 nitrogen and oxygen atoms in total. The molecule has 1 aliphatic carbocycles. The van der Waals surface area contributed by atoms with Crippen LogP contribution < -0.4 is 11.5 Å². The Balaban J connectivity index is 1.33. The Morgan fingerprint density at radius 2 is 1.94 bits per heavy atom. The molecule has 3 aromatic heterocycles. The minimum atomic E-state index is -0.636. The van der Waals surface area contributed by atoms with Gasteiger partial charge < -0.3 is 25.5 Å². The Kier molecular flexibility index (Phi) is 5.51. The first-order chi connectivity index (χ1) is 17.2. The number of aryl methyl sites for hydroxylation is 1. The molecule has 1 saturated carbocycles. The van der Waals surface area contributed by atoms with Crippen molar-refractivity contribution in [3.05, 3.63) is 52.9 Å². The normalized spacial score (nSPS) is 27.2. The van der Waals surface area contributed by atoms with Gasteiger partial charge in [0.05, 0.1) is 27.5 Å². The second-order valence-electron chi connectivity index (χ2n) is 10.6. The fourth-order valence-corrected chi connectivity index (χ4v) is 6.56. The number of nitrogen functional groups attached to an aromatic ring is 2. The van der Waals surface area contributed by atoms with Crippen LogP contribution in [0.5, 0.6) is 0 Å². The predicted octanol–water partition coefficient (Wildman–Crippen LogP) is 5.40. The zero-order valence-electron chi connectivity index (χ0n) is 20.7. The van der Waals surface area contributed by atoms with E-state index < -0.39 is 5.79 Å². The van der Waals surface area contributed by atoms with Crippen LogP contribution in [0.15, 0.2) is 47.3 Å². The van der Waals surface area contributed by atoms with Gasteiger partial charge in [0.1, 0.15) is 29.7 Å². The predicted molar refractivity (Wildman–Crippen MR) is 144 cm³/mol. The molecule has 0 bridgehead atoms. The zero-order chi connectivity index (χ0) is 25.2. The minimum Gasteiger partial charge on any atom is -0.383 e. The number of benzene rings is 1. The summed E-state index contributed by atoms with van der Waals surface area (Å²) in [6.45, 7) is 6.28. The average molecular weight is 551 g/mol. The molecular formula is C27H31BrN6O2. The highest BCUT2D eigenvalue weighted by molar-refractivity contribution is 9.10. The molecule has 1 aliphatic heterocycles. The molecule has 1 saturated heterocycles. The molecule has 188 valence electrons. The summed E-state index contributed by atoms with van der Waals surface area (Å²) in [4.78, 5) is 13.3. The maximum atomic E-state index is 6.60. The SMILES string of the molecule is CC[C@]1(CCc2ccc3cc(Br)c(N)nc3c2)C[C@@H](n2ccc3c(N)ncnc32)[C@@H]2OC(C)(C)O[C@@H]21. The van der Waals surface area contributed by atoms with Gasteiger partial charge in [-0.3, -0.25) is 0 Å². The van der Waals surface area contributed by atoms with Crippen LogP contribution in [0, 0.1) is 5.41 Å². The first kappa shape index (κ1) is 23.6. The Morgan fingerprint density at radius 1 is 1.11 bits per heavy atom. The van der Waals surface area contributed by atoms with Crippen LogP contribution in [0.1, 0.15) is 51.6 Å². The van der Waals surface area contributed by atoms with Gasteiger partial charge in [-0.1, -0.05) is 19.1 Å². The third-order valence-corrected chi connectivity index (χ3v) is 8.74. The minimum absolute atomic E-state index is 0.00989. The van der Waals surface area contributed by atoms with E-state index in [-0.39, 0.29) is 23.7 Å². The highest BCUT2D eigenvalue weighted by Gasteiger charge is 2.60. The number of aromatic nitrogens is 4. The Morgan fingerprint density at radius 3 is 2.75 bits per heavy atom.